The van der Waals surface area contributed by atoms with Crippen LogP contribution in [0.5, 0.6) is 0 Å². The average molecular weight is 269 g/mol. The summed E-state index contributed by atoms with van der Waals surface area (Å²) in [5.74, 6) is -0.917. The van der Waals surface area contributed by atoms with E-state index in [-0.39, 0.29) is 5.56 Å². The number of carbonyl (C=O) groups is 1. The van der Waals surface area contributed by atoms with E-state index in [0.717, 1.165) is 38.4 Å². The van der Waals surface area contributed by atoms with Gasteiger partial charge in [-0.3, -0.25) is 0 Å². The Morgan fingerprint density at radius 1 is 1.33 bits per heavy atom. The van der Waals surface area contributed by atoms with Crippen molar-refractivity contribution in [2.75, 3.05) is 37.6 Å². The summed E-state index contributed by atoms with van der Waals surface area (Å²) in [7, 11) is 0. The molecule has 0 aromatic heterocycles. The lowest BCUT2D eigenvalue weighted by atomic mass is 10.1. The number of benzene rings is 1. The van der Waals surface area contributed by atoms with Gasteiger partial charge in [-0.1, -0.05) is 18.5 Å². The summed E-state index contributed by atoms with van der Waals surface area (Å²) in [5, 5.41) is 9.62. The molecule has 1 heterocycles. The SMILES string of the molecule is CCN1CCN(c2cc(C(=O)O)ccc2Cl)CC1. The van der Waals surface area contributed by atoms with E-state index in [0.29, 0.717) is 5.02 Å². The third kappa shape index (κ3) is 2.76. The molecule has 0 bridgehead atoms. The van der Waals surface area contributed by atoms with E-state index in [9.17, 15) is 4.79 Å². The molecule has 0 radical (unpaired) electrons. The van der Waals surface area contributed by atoms with Crippen LogP contribution in [0.4, 0.5) is 5.69 Å². The number of carboxylic acid groups (broad SMARTS) is 1. The van der Waals surface area contributed by atoms with Crippen molar-refractivity contribution < 1.29 is 9.90 Å². The molecule has 1 aromatic carbocycles. The quantitative estimate of drug-likeness (QED) is 0.913. The average Bonchev–Trinajstić information content (AvgIpc) is 2.39. The molecule has 0 unspecified atom stereocenters. The van der Waals surface area contributed by atoms with Gasteiger partial charge in [0.25, 0.3) is 0 Å². The number of hydrogen-bond donors (Lipinski definition) is 1. The highest BCUT2D eigenvalue weighted by Gasteiger charge is 2.19. The van der Waals surface area contributed by atoms with Gasteiger partial charge in [-0.2, -0.15) is 0 Å². The Balaban J connectivity index is 2.18. The number of nitrogens with zero attached hydrogens (tertiary/aromatic N) is 2. The van der Waals surface area contributed by atoms with Gasteiger partial charge in [-0.25, -0.2) is 4.79 Å². The first-order chi connectivity index (χ1) is 8.61. The van der Waals surface area contributed by atoms with E-state index in [1.54, 1.807) is 12.1 Å². The van der Waals surface area contributed by atoms with Crippen LogP contribution < -0.4 is 4.90 Å². The van der Waals surface area contributed by atoms with Gasteiger partial charge in [0.15, 0.2) is 0 Å². The molecule has 1 aliphatic heterocycles. The van der Waals surface area contributed by atoms with Crippen LogP contribution in [0.25, 0.3) is 0 Å². The van der Waals surface area contributed by atoms with Crippen LogP contribution >= 0.6 is 11.6 Å². The predicted molar refractivity (Wildman–Crippen MR) is 72.7 cm³/mol. The summed E-state index contributed by atoms with van der Waals surface area (Å²) >= 11 is 6.16. The third-order valence-electron chi connectivity index (χ3n) is 3.35. The Kier molecular flexibility index (Phi) is 4.09. The van der Waals surface area contributed by atoms with Crippen LogP contribution in [-0.2, 0) is 0 Å². The first kappa shape index (κ1) is 13.2. The topological polar surface area (TPSA) is 43.8 Å². The molecule has 2 rings (SSSR count). The molecule has 0 spiro atoms. The zero-order valence-corrected chi connectivity index (χ0v) is 11.2. The number of halogens is 1. The van der Waals surface area contributed by atoms with Crippen molar-refractivity contribution in [3.63, 3.8) is 0 Å². The second kappa shape index (κ2) is 5.59. The molecule has 0 amide bonds. The second-order valence-electron chi connectivity index (χ2n) is 4.39. The summed E-state index contributed by atoms with van der Waals surface area (Å²) in [6, 6.07) is 4.86. The standard InChI is InChI=1S/C13H17ClN2O2/c1-2-15-5-7-16(8-6-15)12-9-10(13(17)18)3-4-11(12)14/h3-4,9H,2,5-8H2,1H3,(H,17,18). The zero-order chi connectivity index (χ0) is 13.1. The molecule has 1 aromatic rings. The van der Waals surface area contributed by atoms with E-state index in [2.05, 4.69) is 16.7 Å². The van der Waals surface area contributed by atoms with Crippen LogP contribution in [-0.4, -0.2) is 48.7 Å². The molecule has 0 atom stereocenters. The molecule has 5 heteroatoms. The van der Waals surface area contributed by atoms with Crippen molar-refractivity contribution >= 4 is 23.3 Å². The van der Waals surface area contributed by atoms with Crippen molar-refractivity contribution in [1.82, 2.24) is 4.90 Å². The van der Waals surface area contributed by atoms with Crippen LogP contribution in [0.15, 0.2) is 18.2 Å². The van der Waals surface area contributed by atoms with Crippen LogP contribution in [0.1, 0.15) is 17.3 Å². The number of likely N-dealkylation sites (N-methyl/N-ethyl adjacent to an activating group) is 1. The Hall–Kier alpha value is -1.26. The highest BCUT2D eigenvalue weighted by molar-refractivity contribution is 6.33. The monoisotopic (exact) mass is 268 g/mol. The number of carboxylic acids is 1. The minimum Gasteiger partial charge on any atom is -0.478 e. The van der Waals surface area contributed by atoms with E-state index in [4.69, 9.17) is 16.7 Å². The first-order valence-corrected chi connectivity index (χ1v) is 6.49. The summed E-state index contributed by atoms with van der Waals surface area (Å²) in [6.45, 7) is 6.95. The molecule has 1 fully saturated rings. The fourth-order valence-corrected chi connectivity index (χ4v) is 2.43. The van der Waals surface area contributed by atoms with Crippen LogP contribution in [0.3, 0.4) is 0 Å². The smallest absolute Gasteiger partial charge is 0.335 e. The molecule has 0 saturated carbocycles. The van der Waals surface area contributed by atoms with Crippen molar-refractivity contribution in [1.29, 1.82) is 0 Å². The number of piperazine rings is 1. The van der Waals surface area contributed by atoms with Gasteiger partial charge >= 0.3 is 5.97 Å². The van der Waals surface area contributed by atoms with Crippen molar-refractivity contribution in [3.8, 4) is 0 Å². The normalized spacial score (nSPS) is 16.9. The van der Waals surface area contributed by atoms with E-state index in [1.165, 1.54) is 6.07 Å². The largest absolute Gasteiger partial charge is 0.478 e. The molecule has 4 nitrogen and oxygen atoms in total. The summed E-state index contributed by atoms with van der Waals surface area (Å²) < 4.78 is 0. The van der Waals surface area contributed by atoms with E-state index < -0.39 is 5.97 Å². The van der Waals surface area contributed by atoms with Crippen molar-refractivity contribution in [2.45, 2.75) is 6.92 Å². The number of hydrogen-bond acceptors (Lipinski definition) is 3. The van der Waals surface area contributed by atoms with E-state index in [1.807, 2.05) is 0 Å². The van der Waals surface area contributed by atoms with E-state index >= 15 is 0 Å². The molecule has 0 aliphatic carbocycles. The fraction of sp³-hybridized carbons (Fsp3) is 0.462. The molecule has 1 saturated heterocycles. The van der Waals surface area contributed by atoms with Crippen molar-refractivity contribution in [3.05, 3.63) is 28.8 Å². The van der Waals surface area contributed by atoms with Gasteiger partial charge in [-0.05, 0) is 24.7 Å². The Morgan fingerprint density at radius 3 is 2.56 bits per heavy atom. The van der Waals surface area contributed by atoms with Gasteiger partial charge in [0.1, 0.15) is 0 Å². The van der Waals surface area contributed by atoms with Crippen LogP contribution in [0, 0.1) is 0 Å². The highest BCUT2D eigenvalue weighted by Crippen LogP contribution is 2.28. The minimum atomic E-state index is -0.917. The molecule has 98 valence electrons. The van der Waals surface area contributed by atoms with Gasteiger partial charge in [-0.15, -0.1) is 0 Å². The molecular weight excluding hydrogens is 252 g/mol. The van der Waals surface area contributed by atoms with Gasteiger partial charge in [0.2, 0.25) is 0 Å². The molecule has 1 N–H and O–H groups in total. The first-order valence-electron chi connectivity index (χ1n) is 6.12. The maximum absolute atomic E-state index is 11.0. The summed E-state index contributed by atoms with van der Waals surface area (Å²) in [6.07, 6.45) is 0. The Bertz CT molecular complexity index is 443. The summed E-state index contributed by atoms with van der Waals surface area (Å²) in [5.41, 5.74) is 1.11. The Labute approximate surface area is 112 Å². The van der Waals surface area contributed by atoms with Gasteiger partial charge < -0.3 is 14.9 Å². The fourth-order valence-electron chi connectivity index (χ4n) is 2.19. The minimum absolute atomic E-state index is 0.285. The zero-order valence-electron chi connectivity index (χ0n) is 10.4. The summed E-state index contributed by atoms with van der Waals surface area (Å²) in [4.78, 5) is 15.5. The molecule has 18 heavy (non-hydrogen) atoms. The third-order valence-corrected chi connectivity index (χ3v) is 3.67. The Morgan fingerprint density at radius 2 is 2.00 bits per heavy atom. The number of rotatable bonds is 3. The molecular formula is C13H17ClN2O2. The maximum Gasteiger partial charge on any atom is 0.335 e. The van der Waals surface area contributed by atoms with Crippen molar-refractivity contribution in [2.24, 2.45) is 0 Å². The molecule has 1 aliphatic rings. The van der Waals surface area contributed by atoms with Gasteiger partial charge in [0, 0.05) is 26.2 Å². The second-order valence-corrected chi connectivity index (χ2v) is 4.80. The lowest BCUT2D eigenvalue weighted by Crippen LogP contribution is -2.46. The predicted octanol–water partition coefficient (Wildman–Crippen LogP) is 2.18. The number of anilines is 1. The highest BCUT2D eigenvalue weighted by atomic mass is 35.5. The van der Waals surface area contributed by atoms with Gasteiger partial charge in [0.05, 0.1) is 16.3 Å². The lowest BCUT2D eigenvalue weighted by molar-refractivity contribution is 0.0697. The lowest BCUT2D eigenvalue weighted by Gasteiger charge is -2.36. The number of aromatic carboxylic acids is 1. The maximum atomic E-state index is 11.0. The van der Waals surface area contributed by atoms with Crippen LogP contribution in [0.2, 0.25) is 5.02 Å².